The van der Waals surface area contributed by atoms with E-state index in [1.54, 1.807) is 42.7 Å². The lowest BCUT2D eigenvalue weighted by molar-refractivity contribution is -0.130. The summed E-state index contributed by atoms with van der Waals surface area (Å²) in [5.74, 6) is 1.21. The molecule has 202 valence electrons. The summed E-state index contributed by atoms with van der Waals surface area (Å²) in [6.07, 6.45) is 0.280. The topological polar surface area (TPSA) is 107 Å². The van der Waals surface area contributed by atoms with Gasteiger partial charge in [-0.25, -0.2) is 4.79 Å². The average Bonchev–Trinajstić information content (AvgIpc) is 3.06. The van der Waals surface area contributed by atoms with E-state index in [4.69, 9.17) is 18.9 Å². The van der Waals surface area contributed by atoms with Crippen LogP contribution in [0.25, 0.3) is 0 Å². The Morgan fingerprint density at radius 1 is 0.861 bits per heavy atom. The van der Waals surface area contributed by atoms with Gasteiger partial charge in [-0.2, -0.15) is 0 Å². The molecule has 0 saturated carbocycles. The van der Waals surface area contributed by atoms with Gasteiger partial charge >= 0.3 is 6.09 Å². The predicted molar refractivity (Wildman–Crippen MR) is 136 cm³/mol. The van der Waals surface area contributed by atoms with E-state index in [0.29, 0.717) is 75.2 Å². The third kappa shape index (κ3) is 8.80. The van der Waals surface area contributed by atoms with Crippen LogP contribution in [0.15, 0.2) is 12.1 Å². The largest absolute Gasteiger partial charge is 0.490 e. The summed E-state index contributed by atoms with van der Waals surface area (Å²) in [6, 6.07) is 3.38. The van der Waals surface area contributed by atoms with Crippen LogP contribution in [0.5, 0.6) is 17.2 Å². The first-order valence-electron chi connectivity index (χ1n) is 12.7. The van der Waals surface area contributed by atoms with Crippen molar-refractivity contribution in [3.63, 3.8) is 0 Å². The van der Waals surface area contributed by atoms with Crippen molar-refractivity contribution in [2.75, 3.05) is 52.5 Å². The SMILES string of the molecule is CCOc1cc(C(=O)N2CCCN(C(=O)CCNC(=O)OC(C)(C)C)CC2)cc(OCC)c1OCC. The van der Waals surface area contributed by atoms with Crippen LogP contribution in [0, 0.1) is 0 Å². The molecule has 0 bridgehead atoms. The van der Waals surface area contributed by atoms with Crippen molar-refractivity contribution in [3.8, 4) is 17.2 Å². The number of carbonyl (C=O) groups excluding carboxylic acids is 3. The number of ether oxygens (including phenoxy) is 4. The zero-order valence-electron chi connectivity index (χ0n) is 22.5. The van der Waals surface area contributed by atoms with Gasteiger partial charge in [0.25, 0.3) is 5.91 Å². The van der Waals surface area contributed by atoms with Crippen LogP contribution in [-0.2, 0) is 9.53 Å². The first-order valence-corrected chi connectivity index (χ1v) is 12.7. The van der Waals surface area contributed by atoms with Gasteiger partial charge in [0, 0.05) is 44.7 Å². The molecule has 3 amide bonds. The molecule has 0 aliphatic carbocycles. The Labute approximate surface area is 214 Å². The first-order chi connectivity index (χ1) is 17.1. The number of rotatable bonds is 10. The summed E-state index contributed by atoms with van der Waals surface area (Å²) in [7, 11) is 0. The van der Waals surface area contributed by atoms with Crippen molar-refractivity contribution < 1.29 is 33.3 Å². The number of hydrogen-bond donors (Lipinski definition) is 1. The molecule has 0 atom stereocenters. The molecular formula is C26H41N3O7. The van der Waals surface area contributed by atoms with Crippen LogP contribution >= 0.6 is 0 Å². The second-order valence-electron chi connectivity index (χ2n) is 9.31. The summed E-state index contributed by atoms with van der Waals surface area (Å²) >= 11 is 0. The maximum atomic E-state index is 13.4. The van der Waals surface area contributed by atoms with E-state index in [1.807, 2.05) is 20.8 Å². The summed E-state index contributed by atoms with van der Waals surface area (Å²) < 4.78 is 22.4. The number of carbonyl (C=O) groups is 3. The van der Waals surface area contributed by atoms with Crippen molar-refractivity contribution in [2.24, 2.45) is 0 Å². The molecule has 1 aromatic rings. The zero-order valence-corrected chi connectivity index (χ0v) is 22.5. The Bertz CT molecular complexity index is 871. The van der Waals surface area contributed by atoms with E-state index in [0.717, 1.165) is 0 Å². The van der Waals surface area contributed by atoms with Crippen LogP contribution in [0.1, 0.15) is 64.7 Å². The fourth-order valence-corrected chi connectivity index (χ4v) is 3.81. The van der Waals surface area contributed by atoms with Crippen LogP contribution in [0.4, 0.5) is 4.79 Å². The van der Waals surface area contributed by atoms with Gasteiger partial charge in [0.1, 0.15) is 5.60 Å². The fourth-order valence-electron chi connectivity index (χ4n) is 3.81. The maximum absolute atomic E-state index is 13.4. The molecule has 36 heavy (non-hydrogen) atoms. The molecule has 1 fully saturated rings. The molecule has 1 saturated heterocycles. The molecule has 1 aromatic carbocycles. The fraction of sp³-hybridized carbons (Fsp3) is 0.654. The number of alkyl carbamates (subject to hydrolysis) is 1. The average molecular weight is 508 g/mol. The van der Waals surface area contributed by atoms with E-state index in [1.165, 1.54) is 0 Å². The molecule has 10 heteroatoms. The zero-order chi connectivity index (χ0) is 26.7. The quantitative estimate of drug-likeness (QED) is 0.517. The third-order valence-corrected chi connectivity index (χ3v) is 5.30. The minimum atomic E-state index is -0.592. The van der Waals surface area contributed by atoms with Crippen LogP contribution in [0.2, 0.25) is 0 Å². The van der Waals surface area contributed by atoms with Gasteiger partial charge in [-0.3, -0.25) is 9.59 Å². The molecular weight excluding hydrogens is 466 g/mol. The molecule has 1 heterocycles. The Balaban J connectivity index is 2.02. The van der Waals surface area contributed by atoms with Gasteiger partial charge in [0.2, 0.25) is 11.7 Å². The second kappa shape index (κ2) is 13.8. The van der Waals surface area contributed by atoms with Crippen LogP contribution in [-0.4, -0.2) is 85.9 Å². The summed E-state index contributed by atoms with van der Waals surface area (Å²) in [6.45, 7) is 14.3. The highest BCUT2D eigenvalue weighted by atomic mass is 16.6. The van der Waals surface area contributed by atoms with Crippen molar-refractivity contribution in [3.05, 3.63) is 17.7 Å². The Morgan fingerprint density at radius 2 is 1.42 bits per heavy atom. The minimum absolute atomic E-state index is 0.0707. The summed E-state index contributed by atoms with van der Waals surface area (Å²) in [5.41, 5.74) is -0.142. The van der Waals surface area contributed by atoms with E-state index in [9.17, 15) is 14.4 Å². The van der Waals surface area contributed by atoms with Gasteiger partial charge in [-0.15, -0.1) is 0 Å². The third-order valence-electron chi connectivity index (χ3n) is 5.30. The normalized spacial score (nSPS) is 14.1. The number of nitrogens with one attached hydrogen (secondary N) is 1. The summed E-state index contributed by atoms with van der Waals surface area (Å²) in [5, 5.41) is 2.61. The molecule has 0 aromatic heterocycles. The lowest BCUT2D eigenvalue weighted by atomic mass is 10.1. The molecule has 1 aliphatic rings. The molecule has 10 nitrogen and oxygen atoms in total. The second-order valence-corrected chi connectivity index (χ2v) is 9.31. The number of nitrogens with zero attached hydrogens (tertiary/aromatic N) is 2. The van der Waals surface area contributed by atoms with Gasteiger partial charge in [0.05, 0.1) is 19.8 Å². The van der Waals surface area contributed by atoms with Crippen LogP contribution < -0.4 is 19.5 Å². The number of amides is 3. The highest BCUT2D eigenvalue weighted by Crippen LogP contribution is 2.39. The van der Waals surface area contributed by atoms with Gasteiger partial charge in [0.15, 0.2) is 11.5 Å². The molecule has 1 N–H and O–H groups in total. The summed E-state index contributed by atoms with van der Waals surface area (Å²) in [4.78, 5) is 41.3. The predicted octanol–water partition coefficient (Wildman–Crippen LogP) is 3.47. The lowest BCUT2D eigenvalue weighted by Crippen LogP contribution is -2.39. The van der Waals surface area contributed by atoms with Gasteiger partial charge in [-0.1, -0.05) is 0 Å². The van der Waals surface area contributed by atoms with E-state index in [-0.39, 0.29) is 24.8 Å². The van der Waals surface area contributed by atoms with Gasteiger partial charge < -0.3 is 34.1 Å². The number of hydrogen-bond acceptors (Lipinski definition) is 7. The van der Waals surface area contributed by atoms with Crippen LogP contribution in [0.3, 0.4) is 0 Å². The molecule has 1 aliphatic heterocycles. The Morgan fingerprint density at radius 3 is 1.97 bits per heavy atom. The number of benzene rings is 1. The standard InChI is InChI=1S/C26H41N3O7/c1-7-33-20-17-19(18-21(34-8-2)23(20)35-9-3)24(31)29-14-10-13-28(15-16-29)22(30)11-12-27-25(32)36-26(4,5)6/h17-18H,7-16H2,1-6H3,(H,27,32). The van der Waals surface area contributed by atoms with Crippen molar-refractivity contribution in [1.82, 2.24) is 15.1 Å². The van der Waals surface area contributed by atoms with Crippen molar-refractivity contribution in [2.45, 2.75) is 60.0 Å². The monoisotopic (exact) mass is 507 g/mol. The maximum Gasteiger partial charge on any atom is 0.407 e. The molecule has 0 spiro atoms. The first kappa shape index (κ1) is 29.1. The Hall–Kier alpha value is -3.17. The van der Waals surface area contributed by atoms with E-state index in [2.05, 4.69) is 5.32 Å². The Kier molecular flexibility index (Phi) is 11.1. The van der Waals surface area contributed by atoms with Crippen molar-refractivity contribution >= 4 is 17.9 Å². The smallest absolute Gasteiger partial charge is 0.407 e. The van der Waals surface area contributed by atoms with E-state index >= 15 is 0 Å². The highest BCUT2D eigenvalue weighted by Gasteiger charge is 2.25. The van der Waals surface area contributed by atoms with Crippen molar-refractivity contribution in [1.29, 1.82) is 0 Å². The minimum Gasteiger partial charge on any atom is -0.490 e. The van der Waals surface area contributed by atoms with Gasteiger partial charge in [-0.05, 0) is 60.1 Å². The molecule has 0 radical (unpaired) electrons. The van der Waals surface area contributed by atoms with E-state index < -0.39 is 11.7 Å². The molecule has 0 unspecified atom stereocenters. The molecule has 2 rings (SSSR count). The lowest BCUT2D eigenvalue weighted by Gasteiger charge is -2.23. The highest BCUT2D eigenvalue weighted by molar-refractivity contribution is 5.95.